The van der Waals surface area contributed by atoms with Crippen molar-refractivity contribution in [1.29, 1.82) is 0 Å². The Morgan fingerprint density at radius 2 is 2.04 bits per heavy atom. The van der Waals surface area contributed by atoms with E-state index in [0.29, 0.717) is 12.5 Å². The molecule has 0 saturated carbocycles. The number of aryl methyl sites for hydroxylation is 1. The van der Waals surface area contributed by atoms with E-state index in [2.05, 4.69) is 42.2 Å². The number of nitrogens with zero attached hydrogens (tertiary/aromatic N) is 2. The summed E-state index contributed by atoms with van der Waals surface area (Å²) in [5, 5.41) is 3.26. The van der Waals surface area contributed by atoms with Gasteiger partial charge in [-0.25, -0.2) is 4.98 Å². The Morgan fingerprint density at radius 1 is 1.19 bits per heavy atom. The molecule has 3 nitrogen and oxygen atoms in total. The molecule has 4 aromatic rings. The molecule has 5 rings (SSSR count). The fourth-order valence-electron chi connectivity index (χ4n) is 4.09. The fraction of sp³-hybridized carbons (Fsp3) is 0.273. The lowest BCUT2D eigenvalue weighted by Crippen LogP contribution is -2.22. The summed E-state index contributed by atoms with van der Waals surface area (Å²) in [4.78, 5) is 20.1. The SMILES string of the molecule is C[C@H]1CCc2c(sc3ncn(Cc4cccc5ccccc45)c(=O)c23)C1. The molecule has 2 aromatic carbocycles. The van der Waals surface area contributed by atoms with Crippen LogP contribution in [-0.4, -0.2) is 9.55 Å². The number of fused-ring (bicyclic) bond motifs is 4. The maximum Gasteiger partial charge on any atom is 0.262 e. The average molecular weight is 360 g/mol. The molecular weight excluding hydrogens is 340 g/mol. The van der Waals surface area contributed by atoms with Crippen molar-refractivity contribution in [2.75, 3.05) is 0 Å². The van der Waals surface area contributed by atoms with Crippen molar-refractivity contribution in [2.24, 2.45) is 5.92 Å². The van der Waals surface area contributed by atoms with Crippen molar-refractivity contribution >= 4 is 32.3 Å². The highest BCUT2D eigenvalue weighted by molar-refractivity contribution is 7.18. The molecule has 2 heterocycles. The molecule has 0 bridgehead atoms. The second-order valence-corrected chi connectivity index (χ2v) is 8.43. The van der Waals surface area contributed by atoms with Gasteiger partial charge in [0.25, 0.3) is 5.56 Å². The van der Waals surface area contributed by atoms with Crippen molar-refractivity contribution in [3.05, 3.63) is 75.1 Å². The van der Waals surface area contributed by atoms with Crippen LogP contribution in [0.25, 0.3) is 21.0 Å². The molecule has 0 unspecified atom stereocenters. The lowest BCUT2D eigenvalue weighted by atomic mass is 9.89. The Bertz CT molecular complexity index is 1180. The van der Waals surface area contributed by atoms with E-state index in [1.165, 1.54) is 21.2 Å². The zero-order chi connectivity index (χ0) is 17.7. The average Bonchev–Trinajstić information content (AvgIpc) is 3.02. The third-order valence-electron chi connectivity index (χ3n) is 5.50. The molecule has 130 valence electrons. The van der Waals surface area contributed by atoms with Gasteiger partial charge in [0.1, 0.15) is 4.83 Å². The third-order valence-corrected chi connectivity index (χ3v) is 6.67. The molecule has 0 saturated heterocycles. The second-order valence-electron chi connectivity index (χ2n) is 7.35. The first-order valence-corrected chi connectivity index (χ1v) is 9.98. The molecule has 0 amide bonds. The molecule has 26 heavy (non-hydrogen) atoms. The third kappa shape index (κ3) is 2.48. The second kappa shape index (κ2) is 6.06. The van der Waals surface area contributed by atoms with Gasteiger partial charge >= 0.3 is 0 Å². The van der Waals surface area contributed by atoms with Gasteiger partial charge in [0.15, 0.2) is 0 Å². The van der Waals surface area contributed by atoms with Crippen LogP contribution >= 0.6 is 11.3 Å². The Hall–Kier alpha value is -2.46. The molecule has 0 aliphatic heterocycles. The summed E-state index contributed by atoms with van der Waals surface area (Å²) in [6.07, 6.45) is 4.97. The first-order chi connectivity index (χ1) is 12.7. The van der Waals surface area contributed by atoms with Crippen LogP contribution in [-0.2, 0) is 19.4 Å². The summed E-state index contributed by atoms with van der Waals surface area (Å²) < 4.78 is 1.77. The van der Waals surface area contributed by atoms with Crippen LogP contribution in [0.4, 0.5) is 0 Å². The minimum absolute atomic E-state index is 0.106. The molecule has 4 heteroatoms. The standard InChI is InChI=1S/C22H20N2OS/c1-14-9-10-18-19(11-14)26-21-20(18)22(25)24(13-23-21)12-16-7-4-6-15-5-2-3-8-17(15)16/h2-8,13-14H,9-12H2,1H3/t14-/m0/s1. The highest BCUT2D eigenvalue weighted by Crippen LogP contribution is 2.35. The summed E-state index contributed by atoms with van der Waals surface area (Å²) >= 11 is 1.71. The first kappa shape index (κ1) is 15.8. The topological polar surface area (TPSA) is 34.9 Å². The molecule has 0 radical (unpaired) electrons. The molecule has 0 fully saturated rings. The van der Waals surface area contributed by atoms with Crippen LogP contribution in [0.2, 0.25) is 0 Å². The summed E-state index contributed by atoms with van der Waals surface area (Å²) in [6.45, 7) is 2.85. The quantitative estimate of drug-likeness (QED) is 0.515. The minimum atomic E-state index is 0.106. The molecule has 0 spiro atoms. The summed E-state index contributed by atoms with van der Waals surface area (Å²) in [5.74, 6) is 0.702. The zero-order valence-electron chi connectivity index (χ0n) is 14.7. The number of thiophene rings is 1. The van der Waals surface area contributed by atoms with Gasteiger partial charge < -0.3 is 0 Å². The zero-order valence-corrected chi connectivity index (χ0v) is 15.6. The molecule has 1 atom stereocenters. The van der Waals surface area contributed by atoms with Crippen molar-refractivity contribution in [2.45, 2.75) is 32.7 Å². The highest BCUT2D eigenvalue weighted by Gasteiger charge is 2.23. The minimum Gasteiger partial charge on any atom is -0.294 e. The van der Waals surface area contributed by atoms with Crippen LogP contribution in [0.5, 0.6) is 0 Å². The molecular formula is C22H20N2OS. The van der Waals surface area contributed by atoms with E-state index >= 15 is 0 Å². The predicted octanol–water partition coefficient (Wildman–Crippen LogP) is 4.78. The van der Waals surface area contributed by atoms with Gasteiger partial charge in [0.05, 0.1) is 18.3 Å². The maximum absolute atomic E-state index is 13.2. The smallest absolute Gasteiger partial charge is 0.262 e. The van der Waals surface area contributed by atoms with E-state index in [0.717, 1.165) is 35.0 Å². The monoisotopic (exact) mass is 360 g/mol. The summed E-state index contributed by atoms with van der Waals surface area (Å²) in [5.41, 5.74) is 2.52. The van der Waals surface area contributed by atoms with E-state index in [-0.39, 0.29) is 5.56 Å². The Balaban J connectivity index is 1.64. The number of benzene rings is 2. The van der Waals surface area contributed by atoms with E-state index in [1.54, 1.807) is 22.2 Å². The number of aromatic nitrogens is 2. The summed E-state index contributed by atoms with van der Waals surface area (Å²) in [6, 6.07) is 14.6. The van der Waals surface area contributed by atoms with Crippen molar-refractivity contribution in [1.82, 2.24) is 9.55 Å². The molecule has 1 aliphatic carbocycles. The lowest BCUT2D eigenvalue weighted by Gasteiger charge is -2.17. The Morgan fingerprint density at radius 3 is 2.96 bits per heavy atom. The van der Waals surface area contributed by atoms with Gasteiger partial charge in [0.2, 0.25) is 0 Å². The molecule has 1 aliphatic rings. The van der Waals surface area contributed by atoms with Gasteiger partial charge in [0, 0.05) is 4.88 Å². The Kier molecular flexibility index (Phi) is 3.68. The lowest BCUT2D eigenvalue weighted by molar-refractivity contribution is 0.509. The van der Waals surface area contributed by atoms with Crippen LogP contribution < -0.4 is 5.56 Å². The first-order valence-electron chi connectivity index (χ1n) is 9.17. The fourth-order valence-corrected chi connectivity index (χ4v) is 5.43. The van der Waals surface area contributed by atoms with Crippen molar-refractivity contribution in [3.8, 4) is 0 Å². The molecule has 2 aromatic heterocycles. The van der Waals surface area contributed by atoms with E-state index in [4.69, 9.17) is 0 Å². The van der Waals surface area contributed by atoms with Crippen LogP contribution in [0.3, 0.4) is 0 Å². The largest absolute Gasteiger partial charge is 0.294 e. The molecule has 0 N–H and O–H groups in total. The summed E-state index contributed by atoms with van der Waals surface area (Å²) in [7, 11) is 0. The van der Waals surface area contributed by atoms with Gasteiger partial charge in [-0.05, 0) is 47.1 Å². The number of rotatable bonds is 2. The van der Waals surface area contributed by atoms with E-state index in [1.807, 2.05) is 12.1 Å². The normalized spacial score (nSPS) is 16.9. The highest BCUT2D eigenvalue weighted by atomic mass is 32.1. The van der Waals surface area contributed by atoms with Crippen LogP contribution in [0, 0.1) is 5.92 Å². The maximum atomic E-state index is 13.2. The number of hydrogen-bond acceptors (Lipinski definition) is 3. The predicted molar refractivity (Wildman–Crippen MR) is 108 cm³/mol. The van der Waals surface area contributed by atoms with Gasteiger partial charge in [-0.15, -0.1) is 11.3 Å². The van der Waals surface area contributed by atoms with Gasteiger partial charge in [-0.1, -0.05) is 49.4 Å². The van der Waals surface area contributed by atoms with Crippen LogP contribution in [0.1, 0.15) is 29.3 Å². The van der Waals surface area contributed by atoms with Crippen LogP contribution in [0.15, 0.2) is 53.6 Å². The van der Waals surface area contributed by atoms with Crippen molar-refractivity contribution in [3.63, 3.8) is 0 Å². The number of hydrogen-bond donors (Lipinski definition) is 0. The van der Waals surface area contributed by atoms with Gasteiger partial charge in [-0.2, -0.15) is 0 Å². The van der Waals surface area contributed by atoms with E-state index in [9.17, 15) is 4.79 Å². The van der Waals surface area contributed by atoms with Crippen molar-refractivity contribution < 1.29 is 0 Å². The van der Waals surface area contributed by atoms with Gasteiger partial charge in [-0.3, -0.25) is 9.36 Å². The Labute approximate surface area is 155 Å². The van der Waals surface area contributed by atoms with E-state index < -0.39 is 0 Å².